The van der Waals surface area contributed by atoms with Crippen LogP contribution in [-0.2, 0) is 29.7 Å². The fraction of sp³-hybridized carbons (Fsp3) is 0.261. The summed E-state index contributed by atoms with van der Waals surface area (Å²) in [7, 11) is 0. The van der Waals surface area contributed by atoms with Crippen LogP contribution in [0.15, 0.2) is 57.7 Å². The number of nitrogens with zero attached hydrogens (tertiary/aromatic N) is 1. The summed E-state index contributed by atoms with van der Waals surface area (Å²) in [5.74, 6) is -0.337. The Labute approximate surface area is 167 Å². The van der Waals surface area contributed by atoms with Crippen LogP contribution < -0.4 is 10.9 Å². The zero-order valence-electron chi connectivity index (χ0n) is 16.0. The Hall–Kier alpha value is -3.41. The van der Waals surface area contributed by atoms with E-state index in [1.807, 2.05) is 42.5 Å². The molecule has 0 bridgehead atoms. The lowest BCUT2D eigenvalue weighted by Crippen LogP contribution is -2.40. The Bertz CT molecular complexity index is 1210. The topological polar surface area (TPSA) is 79.6 Å². The fourth-order valence-electron chi connectivity index (χ4n) is 4.40. The first-order valence-electron chi connectivity index (χ1n) is 9.74. The molecule has 1 N–H and O–H groups in total. The Morgan fingerprint density at radius 1 is 1.03 bits per heavy atom. The van der Waals surface area contributed by atoms with Gasteiger partial charge in [-0.25, -0.2) is 9.59 Å². The van der Waals surface area contributed by atoms with Crippen LogP contribution in [-0.4, -0.2) is 16.8 Å². The van der Waals surface area contributed by atoms with Crippen LogP contribution in [0.3, 0.4) is 0 Å². The van der Waals surface area contributed by atoms with Gasteiger partial charge in [0.1, 0.15) is 11.1 Å². The van der Waals surface area contributed by atoms with Crippen molar-refractivity contribution in [1.82, 2.24) is 10.2 Å². The Balaban J connectivity index is 1.55. The van der Waals surface area contributed by atoms with Crippen LogP contribution in [0.1, 0.15) is 35.6 Å². The minimum absolute atomic E-state index is 0.0218. The summed E-state index contributed by atoms with van der Waals surface area (Å²) in [5.41, 5.74) is 2.66. The molecule has 1 aromatic heterocycles. The molecule has 0 saturated carbocycles. The van der Waals surface area contributed by atoms with Gasteiger partial charge in [-0.05, 0) is 60.6 Å². The highest BCUT2D eigenvalue weighted by Crippen LogP contribution is 2.32. The van der Waals surface area contributed by atoms with Crippen molar-refractivity contribution >= 4 is 22.9 Å². The molecule has 1 fully saturated rings. The van der Waals surface area contributed by atoms with Crippen LogP contribution in [0.25, 0.3) is 11.0 Å². The lowest BCUT2D eigenvalue weighted by atomic mass is 9.92. The molecule has 0 unspecified atom stereocenters. The third-order valence-electron chi connectivity index (χ3n) is 6.00. The molecule has 1 aliphatic carbocycles. The molecule has 2 heterocycles. The minimum atomic E-state index is -1.13. The van der Waals surface area contributed by atoms with E-state index >= 15 is 0 Å². The Kier molecular flexibility index (Phi) is 3.84. The molecule has 6 nitrogen and oxygen atoms in total. The standard InChI is InChI=1S/C23H20N2O4/c1-23(17-8-3-2-4-9-17)21(27)25(22(28)24-23)13-16-12-20(26)29-19-11-15-7-5-6-14(15)10-18(16)19/h2-4,8-12H,5-7,13H2,1H3,(H,24,28)/t23-/m1/s1. The van der Waals surface area contributed by atoms with E-state index in [1.54, 1.807) is 6.92 Å². The first-order valence-corrected chi connectivity index (χ1v) is 9.74. The Morgan fingerprint density at radius 2 is 1.76 bits per heavy atom. The number of rotatable bonds is 3. The van der Waals surface area contributed by atoms with Gasteiger partial charge in [0.25, 0.3) is 5.91 Å². The number of imide groups is 1. The maximum absolute atomic E-state index is 13.2. The van der Waals surface area contributed by atoms with Crippen LogP contribution >= 0.6 is 0 Å². The molecule has 2 aromatic carbocycles. The Morgan fingerprint density at radius 3 is 2.52 bits per heavy atom. The number of hydrogen-bond acceptors (Lipinski definition) is 4. The summed E-state index contributed by atoms with van der Waals surface area (Å²) in [5, 5.41) is 3.58. The predicted octanol–water partition coefficient (Wildman–Crippen LogP) is 3.25. The second-order valence-corrected chi connectivity index (χ2v) is 7.87. The summed E-state index contributed by atoms with van der Waals surface area (Å²) >= 11 is 0. The SMILES string of the molecule is C[C@]1(c2ccccc2)NC(=O)N(Cc2cc(=O)oc3cc4c(cc23)CCC4)C1=O. The number of carbonyl (C=O) groups excluding carboxylic acids is 2. The van der Waals surface area contributed by atoms with E-state index in [1.165, 1.54) is 22.1 Å². The van der Waals surface area contributed by atoms with Crippen molar-refractivity contribution in [2.45, 2.75) is 38.3 Å². The number of carbonyl (C=O) groups is 2. The highest BCUT2D eigenvalue weighted by atomic mass is 16.4. The third kappa shape index (κ3) is 2.75. The highest BCUT2D eigenvalue weighted by molar-refractivity contribution is 6.07. The van der Waals surface area contributed by atoms with Gasteiger partial charge < -0.3 is 9.73 Å². The van der Waals surface area contributed by atoms with Crippen molar-refractivity contribution < 1.29 is 14.0 Å². The molecule has 0 radical (unpaired) electrons. The smallest absolute Gasteiger partial charge is 0.336 e. The minimum Gasteiger partial charge on any atom is -0.423 e. The second kappa shape index (κ2) is 6.30. The van der Waals surface area contributed by atoms with E-state index < -0.39 is 17.2 Å². The zero-order chi connectivity index (χ0) is 20.2. The van der Waals surface area contributed by atoms with Crippen molar-refractivity contribution in [1.29, 1.82) is 0 Å². The first kappa shape index (κ1) is 17.7. The average molecular weight is 388 g/mol. The van der Waals surface area contributed by atoms with Gasteiger partial charge >= 0.3 is 11.7 Å². The van der Waals surface area contributed by atoms with E-state index in [-0.39, 0.29) is 12.5 Å². The summed E-state index contributed by atoms with van der Waals surface area (Å²) in [6, 6.07) is 14.0. The molecule has 6 heteroatoms. The molecule has 2 aliphatic rings. The van der Waals surface area contributed by atoms with Gasteiger partial charge in [-0.2, -0.15) is 0 Å². The van der Waals surface area contributed by atoms with E-state index in [0.717, 1.165) is 30.2 Å². The van der Waals surface area contributed by atoms with Gasteiger partial charge in [-0.1, -0.05) is 30.3 Å². The lowest BCUT2D eigenvalue weighted by molar-refractivity contribution is -0.131. The maximum Gasteiger partial charge on any atom is 0.336 e. The lowest BCUT2D eigenvalue weighted by Gasteiger charge is -2.22. The summed E-state index contributed by atoms with van der Waals surface area (Å²) in [6.45, 7) is 1.72. The third-order valence-corrected chi connectivity index (χ3v) is 6.00. The van der Waals surface area contributed by atoms with Gasteiger partial charge in [0.15, 0.2) is 0 Å². The summed E-state index contributed by atoms with van der Waals surface area (Å²) in [6.07, 6.45) is 3.04. The van der Waals surface area contributed by atoms with Gasteiger partial charge in [0.2, 0.25) is 0 Å². The molecule has 1 aliphatic heterocycles. The van der Waals surface area contributed by atoms with Gasteiger partial charge in [-0.15, -0.1) is 0 Å². The number of nitrogens with one attached hydrogen (secondary N) is 1. The first-order chi connectivity index (χ1) is 14.0. The summed E-state index contributed by atoms with van der Waals surface area (Å²) in [4.78, 5) is 39.2. The largest absolute Gasteiger partial charge is 0.423 e. The molecule has 29 heavy (non-hydrogen) atoms. The highest BCUT2D eigenvalue weighted by Gasteiger charge is 2.48. The van der Waals surface area contributed by atoms with Crippen molar-refractivity contribution in [3.05, 3.63) is 81.2 Å². The van der Waals surface area contributed by atoms with Crippen molar-refractivity contribution in [2.24, 2.45) is 0 Å². The van der Waals surface area contributed by atoms with Crippen LogP contribution in [0, 0.1) is 0 Å². The number of amides is 3. The molecule has 1 atom stereocenters. The van der Waals surface area contributed by atoms with E-state index in [2.05, 4.69) is 5.32 Å². The van der Waals surface area contributed by atoms with Crippen molar-refractivity contribution in [2.75, 3.05) is 0 Å². The van der Waals surface area contributed by atoms with E-state index in [9.17, 15) is 14.4 Å². The summed E-state index contributed by atoms with van der Waals surface area (Å²) < 4.78 is 5.40. The van der Waals surface area contributed by atoms with Crippen molar-refractivity contribution in [3.63, 3.8) is 0 Å². The second-order valence-electron chi connectivity index (χ2n) is 7.87. The fourth-order valence-corrected chi connectivity index (χ4v) is 4.40. The molecule has 146 valence electrons. The van der Waals surface area contributed by atoms with Crippen molar-refractivity contribution in [3.8, 4) is 0 Å². The monoisotopic (exact) mass is 388 g/mol. The van der Waals surface area contributed by atoms with Gasteiger partial charge in [0, 0.05) is 11.5 Å². The number of urea groups is 1. The molecule has 3 aromatic rings. The van der Waals surface area contributed by atoms with E-state index in [0.29, 0.717) is 11.1 Å². The maximum atomic E-state index is 13.2. The normalized spacial score (nSPS) is 20.9. The quantitative estimate of drug-likeness (QED) is 0.552. The van der Waals surface area contributed by atoms with E-state index in [4.69, 9.17) is 4.42 Å². The average Bonchev–Trinajstić information content (AvgIpc) is 3.25. The van der Waals surface area contributed by atoms with Crippen LogP contribution in [0.2, 0.25) is 0 Å². The number of aryl methyl sites for hydroxylation is 2. The van der Waals surface area contributed by atoms with Gasteiger partial charge in [0.05, 0.1) is 6.54 Å². The molecular weight excluding hydrogens is 368 g/mol. The molecule has 3 amide bonds. The zero-order valence-corrected chi connectivity index (χ0v) is 16.0. The number of hydrogen-bond donors (Lipinski definition) is 1. The number of fused-ring (bicyclic) bond motifs is 2. The predicted molar refractivity (Wildman–Crippen MR) is 107 cm³/mol. The molecular formula is C23H20N2O4. The molecule has 1 saturated heterocycles. The number of benzene rings is 2. The van der Waals surface area contributed by atoms with Gasteiger partial charge in [-0.3, -0.25) is 9.69 Å². The van der Waals surface area contributed by atoms with Crippen LogP contribution in [0.4, 0.5) is 4.79 Å². The molecule has 0 spiro atoms. The van der Waals surface area contributed by atoms with Crippen LogP contribution in [0.5, 0.6) is 0 Å². The molecule has 5 rings (SSSR count).